The van der Waals surface area contributed by atoms with E-state index in [1.807, 2.05) is 18.9 Å². The van der Waals surface area contributed by atoms with Crippen molar-refractivity contribution in [3.8, 4) is 0 Å². The highest BCUT2D eigenvalue weighted by atomic mass is 32.2. The van der Waals surface area contributed by atoms with Crippen molar-refractivity contribution in [2.45, 2.75) is 32.4 Å². The topological polar surface area (TPSA) is 70.5 Å². The van der Waals surface area contributed by atoms with Crippen molar-refractivity contribution < 1.29 is 13.5 Å². The second-order valence-electron chi connectivity index (χ2n) is 4.55. The van der Waals surface area contributed by atoms with Gasteiger partial charge in [0.25, 0.3) is 0 Å². The molecule has 1 N–H and O–H groups in total. The molecule has 0 amide bonds. The van der Waals surface area contributed by atoms with Crippen LogP contribution in [0, 0.1) is 0 Å². The Bertz CT molecular complexity index is 503. The molecule has 18 heavy (non-hydrogen) atoms. The normalized spacial score (nSPS) is 22.3. The van der Waals surface area contributed by atoms with Gasteiger partial charge in [0.1, 0.15) is 0 Å². The van der Waals surface area contributed by atoms with Crippen LogP contribution in [0.5, 0.6) is 0 Å². The van der Waals surface area contributed by atoms with E-state index in [2.05, 4.69) is 4.98 Å². The number of sulfone groups is 1. The van der Waals surface area contributed by atoms with Gasteiger partial charge in [0.2, 0.25) is 0 Å². The fourth-order valence-electron chi connectivity index (χ4n) is 2.16. The van der Waals surface area contributed by atoms with Gasteiger partial charge in [0.15, 0.2) is 15.0 Å². The van der Waals surface area contributed by atoms with Crippen LogP contribution >= 0.6 is 11.3 Å². The van der Waals surface area contributed by atoms with Crippen LogP contribution in [0.3, 0.4) is 0 Å². The maximum atomic E-state index is 11.5. The maximum absolute atomic E-state index is 11.5. The SMILES string of the molecule is CCc1nc(N(C)C2CCS(=O)(=O)C2)sc1CO. The zero-order valence-corrected chi connectivity index (χ0v) is 12.2. The van der Waals surface area contributed by atoms with Gasteiger partial charge in [-0.3, -0.25) is 0 Å². The van der Waals surface area contributed by atoms with Gasteiger partial charge < -0.3 is 10.0 Å². The number of aliphatic hydroxyl groups excluding tert-OH is 1. The third-order valence-electron chi connectivity index (χ3n) is 3.30. The average Bonchev–Trinajstić information content (AvgIpc) is 2.91. The van der Waals surface area contributed by atoms with Crippen molar-refractivity contribution in [1.29, 1.82) is 0 Å². The summed E-state index contributed by atoms with van der Waals surface area (Å²) in [6, 6.07) is 0.0115. The molecule has 0 spiro atoms. The summed E-state index contributed by atoms with van der Waals surface area (Å²) in [6.45, 7) is 2.00. The summed E-state index contributed by atoms with van der Waals surface area (Å²) in [5.74, 6) is 0.472. The zero-order chi connectivity index (χ0) is 13.3. The minimum absolute atomic E-state index is 0.00234. The van der Waals surface area contributed by atoms with E-state index in [9.17, 15) is 13.5 Å². The fraction of sp³-hybridized carbons (Fsp3) is 0.727. The lowest BCUT2D eigenvalue weighted by molar-refractivity contribution is 0.284. The monoisotopic (exact) mass is 290 g/mol. The number of aromatic nitrogens is 1. The minimum atomic E-state index is -2.88. The van der Waals surface area contributed by atoms with Crippen molar-refractivity contribution in [1.82, 2.24) is 4.98 Å². The molecule has 5 nitrogen and oxygen atoms in total. The number of nitrogens with zero attached hydrogens (tertiary/aromatic N) is 2. The number of aryl methyl sites for hydroxylation is 1. The Morgan fingerprint density at radius 3 is 2.72 bits per heavy atom. The summed E-state index contributed by atoms with van der Waals surface area (Å²) in [5, 5.41) is 10.1. The van der Waals surface area contributed by atoms with Crippen LogP contribution in [0.25, 0.3) is 0 Å². The van der Waals surface area contributed by atoms with E-state index in [0.29, 0.717) is 6.42 Å². The van der Waals surface area contributed by atoms with Crippen LogP contribution in [0.4, 0.5) is 5.13 Å². The molecule has 1 aliphatic heterocycles. The molecule has 1 fully saturated rings. The molecule has 102 valence electrons. The molecule has 1 unspecified atom stereocenters. The quantitative estimate of drug-likeness (QED) is 0.889. The molecule has 7 heteroatoms. The smallest absolute Gasteiger partial charge is 0.185 e. The largest absolute Gasteiger partial charge is 0.391 e. The first-order chi connectivity index (χ1) is 8.46. The average molecular weight is 290 g/mol. The van der Waals surface area contributed by atoms with Crippen molar-refractivity contribution in [3.63, 3.8) is 0 Å². The lowest BCUT2D eigenvalue weighted by Gasteiger charge is -2.22. The van der Waals surface area contributed by atoms with Crippen LogP contribution in [-0.4, -0.2) is 43.1 Å². The Labute approximate surface area is 111 Å². The molecular weight excluding hydrogens is 272 g/mol. The maximum Gasteiger partial charge on any atom is 0.185 e. The predicted octanol–water partition coefficient (Wildman–Crippen LogP) is 0.821. The van der Waals surface area contributed by atoms with Crippen LogP contribution in [0.1, 0.15) is 23.9 Å². The second-order valence-corrected chi connectivity index (χ2v) is 7.84. The van der Waals surface area contributed by atoms with Gasteiger partial charge in [-0.15, -0.1) is 0 Å². The predicted molar refractivity (Wildman–Crippen MR) is 72.9 cm³/mol. The molecule has 0 aromatic carbocycles. The van der Waals surface area contributed by atoms with Crippen LogP contribution in [-0.2, 0) is 22.9 Å². The standard InChI is InChI=1S/C11H18N2O3S2/c1-3-9-10(6-14)17-11(12-9)13(2)8-4-5-18(15,16)7-8/h8,14H,3-7H2,1-2H3. The second kappa shape index (κ2) is 5.14. The Hall–Kier alpha value is -0.660. The van der Waals surface area contributed by atoms with Gasteiger partial charge in [0.05, 0.1) is 28.7 Å². The summed E-state index contributed by atoms with van der Waals surface area (Å²) in [6.07, 6.45) is 1.44. The molecule has 0 bridgehead atoms. The van der Waals surface area contributed by atoms with Crippen molar-refractivity contribution >= 4 is 26.3 Å². The van der Waals surface area contributed by atoms with Gasteiger partial charge in [-0.2, -0.15) is 0 Å². The molecule has 1 aliphatic rings. The van der Waals surface area contributed by atoms with Gasteiger partial charge in [-0.1, -0.05) is 18.3 Å². The van der Waals surface area contributed by atoms with Crippen molar-refractivity contribution in [2.75, 3.05) is 23.5 Å². The number of thiazole rings is 1. The highest BCUT2D eigenvalue weighted by Gasteiger charge is 2.32. The first-order valence-electron chi connectivity index (χ1n) is 5.99. The molecule has 0 aliphatic carbocycles. The Morgan fingerprint density at radius 1 is 1.56 bits per heavy atom. The minimum Gasteiger partial charge on any atom is -0.391 e. The number of aliphatic hydroxyl groups is 1. The van der Waals surface area contributed by atoms with E-state index < -0.39 is 9.84 Å². The van der Waals surface area contributed by atoms with E-state index in [1.165, 1.54) is 11.3 Å². The Kier molecular flexibility index (Phi) is 3.93. The lowest BCUT2D eigenvalue weighted by atomic mass is 10.2. The third kappa shape index (κ3) is 2.67. The zero-order valence-electron chi connectivity index (χ0n) is 10.6. The van der Waals surface area contributed by atoms with Crippen molar-refractivity contribution in [2.24, 2.45) is 0 Å². The van der Waals surface area contributed by atoms with E-state index in [4.69, 9.17) is 0 Å². The molecule has 2 heterocycles. The molecular formula is C11H18N2O3S2. The molecule has 1 aromatic rings. The molecule has 0 saturated carbocycles. The van der Waals surface area contributed by atoms with Crippen molar-refractivity contribution in [3.05, 3.63) is 10.6 Å². The van der Waals surface area contributed by atoms with E-state index >= 15 is 0 Å². The first-order valence-corrected chi connectivity index (χ1v) is 8.63. The Balaban J connectivity index is 2.19. The summed E-state index contributed by atoms with van der Waals surface area (Å²) in [5.41, 5.74) is 0.908. The molecule has 1 atom stereocenters. The number of rotatable bonds is 4. The molecule has 2 rings (SSSR count). The van der Waals surface area contributed by atoms with E-state index in [1.54, 1.807) is 0 Å². The number of hydrogen-bond acceptors (Lipinski definition) is 6. The molecule has 1 aromatic heterocycles. The summed E-state index contributed by atoms with van der Waals surface area (Å²) in [4.78, 5) is 7.29. The van der Waals surface area contributed by atoms with Crippen LogP contribution in [0.15, 0.2) is 0 Å². The highest BCUT2D eigenvalue weighted by Crippen LogP contribution is 2.29. The lowest BCUT2D eigenvalue weighted by Crippen LogP contribution is -2.32. The molecule has 1 saturated heterocycles. The third-order valence-corrected chi connectivity index (χ3v) is 6.23. The number of hydrogen-bond donors (Lipinski definition) is 1. The number of anilines is 1. The van der Waals surface area contributed by atoms with Gasteiger partial charge in [-0.25, -0.2) is 13.4 Å². The van der Waals surface area contributed by atoms with Crippen LogP contribution < -0.4 is 4.90 Å². The summed E-state index contributed by atoms with van der Waals surface area (Å²) < 4.78 is 23.0. The highest BCUT2D eigenvalue weighted by molar-refractivity contribution is 7.91. The van der Waals surface area contributed by atoms with E-state index in [-0.39, 0.29) is 24.2 Å². The summed E-state index contributed by atoms with van der Waals surface area (Å²) >= 11 is 1.45. The molecule has 0 radical (unpaired) electrons. The van der Waals surface area contributed by atoms with Crippen LogP contribution in [0.2, 0.25) is 0 Å². The first kappa shape index (κ1) is 13.8. The summed E-state index contributed by atoms with van der Waals surface area (Å²) in [7, 11) is -0.997. The van der Waals surface area contributed by atoms with Gasteiger partial charge in [0, 0.05) is 13.1 Å². The Morgan fingerprint density at radius 2 is 2.28 bits per heavy atom. The van der Waals surface area contributed by atoms with E-state index in [0.717, 1.165) is 22.1 Å². The van der Waals surface area contributed by atoms with Gasteiger partial charge >= 0.3 is 0 Å². The fourth-order valence-corrected chi connectivity index (χ4v) is 4.97. The van der Waals surface area contributed by atoms with Gasteiger partial charge in [-0.05, 0) is 12.8 Å².